The molecule has 1 saturated carbocycles. The van der Waals surface area contributed by atoms with Gasteiger partial charge in [-0.05, 0) is 37.5 Å². The molecular weight excluding hydrogens is 382 g/mol. The van der Waals surface area contributed by atoms with E-state index >= 15 is 0 Å². The molecule has 2 fully saturated rings. The topological polar surface area (TPSA) is 46.6 Å². The zero-order valence-electron chi connectivity index (χ0n) is 17.5. The van der Waals surface area contributed by atoms with Crippen molar-refractivity contribution in [3.8, 4) is 5.75 Å². The van der Waals surface area contributed by atoms with Crippen molar-refractivity contribution in [3.63, 3.8) is 0 Å². The number of thiazole rings is 1. The molecule has 1 aromatic heterocycles. The first-order valence-corrected chi connectivity index (χ1v) is 11.8. The van der Waals surface area contributed by atoms with Crippen molar-refractivity contribution in [3.05, 3.63) is 45.9 Å². The van der Waals surface area contributed by atoms with Crippen LogP contribution in [0.25, 0.3) is 0 Å². The zero-order chi connectivity index (χ0) is 19.9. The lowest BCUT2D eigenvalue weighted by atomic mass is 9.79. The summed E-state index contributed by atoms with van der Waals surface area (Å²) in [6.45, 7) is 8.42. The molecule has 0 atom stereocenters. The molecule has 158 valence electrons. The first kappa shape index (κ1) is 20.8. The lowest BCUT2D eigenvalue weighted by Crippen LogP contribution is -2.59. The van der Waals surface area contributed by atoms with Crippen LogP contribution in [0.5, 0.6) is 5.75 Å². The van der Waals surface area contributed by atoms with Crippen LogP contribution in [0.1, 0.15) is 48.4 Å². The van der Waals surface area contributed by atoms with Crippen molar-refractivity contribution in [1.29, 1.82) is 0 Å². The molecule has 1 aliphatic carbocycles. The molecule has 5 nitrogen and oxygen atoms in total. The lowest BCUT2D eigenvalue weighted by Gasteiger charge is -2.48. The Kier molecular flexibility index (Phi) is 7.19. The van der Waals surface area contributed by atoms with Gasteiger partial charge in [0.25, 0.3) is 0 Å². The summed E-state index contributed by atoms with van der Waals surface area (Å²) in [5, 5.41) is 6.90. The van der Waals surface area contributed by atoms with E-state index in [1.807, 2.05) is 6.92 Å². The van der Waals surface area contributed by atoms with Crippen LogP contribution in [-0.2, 0) is 17.9 Å². The summed E-state index contributed by atoms with van der Waals surface area (Å²) in [7, 11) is 0. The van der Waals surface area contributed by atoms with E-state index in [2.05, 4.69) is 44.8 Å². The number of morpholine rings is 1. The SMILES string of the molecule is Cc1nc(COc2ccc(CNCC3(N4CCOCC4)CCCCC3)cc2)cs1. The molecule has 1 N–H and O–H groups in total. The highest BCUT2D eigenvalue weighted by Crippen LogP contribution is 2.34. The number of aromatic nitrogens is 1. The Morgan fingerprint density at radius 1 is 1.14 bits per heavy atom. The van der Waals surface area contributed by atoms with Crippen LogP contribution in [0.3, 0.4) is 0 Å². The van der Waals surface area contributed by atoms with Gasteiger partial charge in [0.15, 0.2) is 0 Å². The summed E-state index contributed by atoms with van der Waals surface area (Å²) in [5.74, 6) is 0.900. The van der Waals surface area contributed by atoms with Gasteiger partial charge in [0, 0.05) is 37.1 Å². The van der Waals surface area contributed by atoms with Gasteiger partial charge in [-0.3, -0.25) is 4.90 Å². The van der Waals surface area contributed by atoms with Crippen LogP contribution in [0, 0.1) is 6.92 Å². The van der Waals surface area contributed by atoms with Crippen LogP contribution >= 0.6 is 11.3 Å². The minimum atomic E-state index is 0.316. The first-order valence-electron chi connectivity index (χ1n) is 10.9. The maximum atomic E-state index is 5.86. The van der Waals surface area contributed by atoms with Crippen molar-refractivity contribution in [2.45, 2.75) is 57.7 Å². The standard InChI is InChI=1S/C23H33N3O2S/c1-19-25-21(17-29-19)16-28-22-7-5-20(6-8-22)15-24-18-23(9-3-2-4-10-23)26-11-13-27-14-12-26/h5-8,17,24H,2-4,9-16,18H2,1H3. The van der Waals surface area contributed by atoms with Crippen molar-refractivity contribution in [2.75, 3.05) is 32.8 Å². The van der Waals surface area contributed by atoms with Gasteiger partial charge in [0.1, 0.15) is 12.4 Å². The summed E-state index contributed by atoms with van der Waals surface area (Å²) in [6, 6.07) is 8.46. The monoisotopic (exact) mass is 415 g/mol. The molecule has 0 bridgehead atoms. The number of nitrogens with one attached hydrogen (secondary N) is 1. The molecule has 29 heavy (non-hydrogen) atoms. The average molecular weight is 416 g/mol. The van der Waals surface area contributed by atoms with E-state index in [0.717, 1.165) is 55.8 Å². The highest BCUT2D eigenvalue weighted by Gasteiger charge is 2.38. The van der Waals surface area contributed by atoms with Gasteiger partial charge in [-0.15, -0.1) is 11.3 Å². The third-order valence-electron chi connectivity index (χ3n) is 6.23. The van der Waals surface area contributed by atoms with Crippen molar-refractivity contribution < 1.29 is 9.47 Å². The molecular formula is C23H33N3O2S. The second-order valence-electron chi connectivity index (χ2n) is 8.28. The van der Waals surface area contributed by atoms with E-state index in [9.17, 15) is 0 Å². The van der Waals surface area contributed by atoms with Gasteiger partial charge in [0.2, 0.25) is 0 Å². The van der Waals surface area contributed by atoms with Crippen molar-refractivity contribution in [2.24, 2.45) is 0 Å². The second-order valence-corrected chi connectivity index (χ2v) is 9.34. The molecule has 2 aliphatic rings. The highest BCUT2D eigenvalue weighted by atomic mass is 32.1. The quantitative estimate of drug-likeness (QED) is 0.702. The molecule has 0 radical (unpaired) electrons. The van der Waals surface area contributed by atoms with Crippen LogP contribution < -0.4 is 10.1 Å². The Morgan fingerprint density at radius 2 is 1.90 bits per heavy atom. The summed E-state index contributed by atoms with van der Waals surface area (Å²) in [5.41, 5.74) is 2.62. The number of hydrogen-bond acceptors (Lipinski definition) is 6. The largest absolute Gasteiger partial charge is 0.487 e. The molecule has 2 aromatic rings. The number of nitrogens with zero attached hydrogens (tertiary/aromatic N) is 2. The Hall–Kier alpha value is -1.47. The summed E-state index contributed by atoms with van der Waals surface area (Å²) >= 11 is 1.66. The number of aryl methyl sites for hydroxylation is 1. The Morgan fingerprint density at radius 3 is 2.59 bits per heavy atom. The third-order valence-corrected chi connectivity index (χ3v) is 7.05. The van der Waals surface area contributed by atoms with Gasteiger partial charge >= 0.3 is 0 Å². The van der Waals surface area contributed by atoms with Crippen LogP contribution in [0.2, 0.25) is 0 Å². The van der Waals surface area contributed by atoms with E-state index in [-0.39, 0.29) is 0 Å². The maximum absolute atomic E-state index is 5.86. The Labute approximate surface area is 178 Å². The van der Waals surface area contributed by atoms with Crippen molar-refractivity contribution in [1.82, 2.24) is 15.2 Å². The van der Waals surface area contributed by atoms with Gasteiger partial charge in [-0.1, -0.05) is 31.4 Å². The van der Waals surface area contributed by atoms with Gasteiger partial charge in [-0.25, -0.2) is 4.98 Å². The fourth-order valence-electron chi connectivity index (χ4n) is 4.63. The predicted molar refractivity (Wildman–Crippen MR) is 118 cm³/mol. The molecule has 1 aromatic carbocycles. The molecule has 0 unspecified atom stereocenters. The molecule has 2 heterocycles. The van der Waals surface area contributed by atoms with Crippen LogP contribution in [0.15, 0.2) is 29.6 Å². The number of hydrogen-bond donors (Lipinski definition) is 1. The minimum Gasteiger partial charge on any atom is -0.487 e. The number of benzene rings is 1. The number of ether oxygens (including phenoxy) is 2. The smallest absolute Gasteiger partial charge is 0.131 e. The number of rotatable bonds is 8. The fourth-order valence-corrected chi connectivity index (χ4v) is 5.22. The maximum Gasteiger partial charge on any atom is 0.131 e. The third kappa shape index (κ3) is 5.57. The van der Waals surface area contributed by atoms with Gasteiger partial charge in [0.05, 0.1) is 23.9 Å². The second kappa shape index (κ2) is 10.0. The molecule has 0 amide bonds. The van der Waals surface area contributed by atoms with E-state index in [1.54, 1.807) is 11.3 Å². The summed E-state index contributed by atoms with van der Waals surface area (Å²) in [4.78, 5) is 7.14. The Bertz CT molecular complexity index is 750. The highest BCUT2D eigenvalue weighted by molar-refractivity contribution is 7.09. The lowest BCUT2D eigenvalue weighted by molar-refractivity contribution is -0.0369. The minimum absolute atomic E-state index is 0.316. The van der Waals surface area contributed by atoms with Gasteiger partial charge < -0.3 is 14.8 Å². The predicted octanol–water partition coefficient (Wildman–Crippen LogP) is 4.16. The normalized spacial score (nSPS) is 19.9. The molecule has 0 spiro atoms. The van der Waals surface area contributed by atoms with E-state index in [1.165, 1.54) is 37.7 Å². The van der Waals surface area contributed by atoms with Crippen molar-refractivity contribution >= 4 is 11.3 Å². The first-order chi connectivity index (χ1) is 14.2. The average Bonchev–Trinajstić information content (AvgIpc) is 3.20. The molecule has 1 saturated heterocycles. The van der Waals surface area contributed by atoms with E-state index in [4.69, 9.17) is 9.47 Å². The molecule has 1 aliphatic heterocycles. The Balaban J connectivity index is 1.27. The fraction of sp³-hybridized carbons (Fsp3) is 0.609. The summed E-state index contributed by atoms with van der Waals surface area (Å²) in [6.07, 6.45) is 6.70. The molecule has 6 heteroatoms. The summed E-state index contributed by atoms with van der Waals surface area (Å²) < 4.78 is 11.5. The zero-order valence-corrected chi connectivity index (χ0v) is 18.3. The van der Waals surface area contributed by atoms with Crippen LogP contribution in [-0.4, -0.2) is 48.3 Å². The van der Waals surface area contributed by atoms with Gasteiger partial charge in [-0.2, -0.15) is 0 Å². The molecule has 4 rings (SSSR count). The van der Waals surface area contributed by atoms with E-state index in [0.29, 0.717) is 12.1 Å². The van der Waals surface area contributed by atoms with Crippen LogP contribution in [0.4, 0.5) is 0 Å². The van der Waals surface area contributed by atoms with E-state index < -0.39 is 0 Å².